The fourth-order valence-corrected chi connectivity index (χ4v) is 11.6. The molecule has 2 nitrogen and oxygen atoms in total. The van der Waals surface area contributed by atoms with E-state index in [4.69, 9.17) is 4.42 Å². The minimum Gasteiger partial charge on any atom is -0.455 e. The van der Waals surface area contributed by atoms with Crippen molar-refractivity contribution in [3.63, 3.8) is 0 Å². The summed E-state index contributed by atoms with van der Waals surface area (Å²) >= 11 is 1.87. The van der Waals surface area contributed by atoms with Crippen LogP contribution in [-0.4, -0.2) is 4.57 Å². The Bertz CT molecular complexity index is 3680. The summed E-state index contributed by atoms with van der Waals surface area (Å²) in [6.45, 7) is 0. The number of thiophene rings is 1. The van der Waals surface area contributed by atoms with E-state index < -0.39 is 0 Å². The van der Waals surface area contributed by atoms with Crippen LogP contribution >= 0.6 is 11.3 Å². The van der Waals surface area contributed by atoms with Gasteiger partial charge in [-0.25, -0.2) is 0 Å². The maximum atomic E-state index is 6.70. The van der Waals surface area contributed by atoms with Gasteiger partial charge in [0.2, 0.25) is 0 Å². The van der Waals surface area contributed by atoms with Gasteiger partial charge in [-0.05, 0) is 88.2 Å². The Kier molecular flexibility index (Phi) is 7.40. The number of hydrogen-bond donors (Lipinski definition) is 0. The van der Waals surface area contributed by atoms with Gasteiger partial charge in [-0.1, -0.05) is 158 Å². The van der Waals surface area contributed by atoms with Crippen LogP contribution in [0.1, 0.15) is 29.0 Å². The largest absolute Gasteiger partial charge is 0.455 e. The molecule has 1 atom stereocenters. The molecule has 3 heteroatoms. The van der Waals surface area contributed by atoms with E-state index in [2.05, 4.69) is 199 Å². The topological polar surface area (TPSA) is 18.1 Å². The molecular weight excluding hydrogens is 747 g/mol. The van der Waals surface area contributed by atoms with Crippen molar-refractivity contribution in [3.05, 3.63) is 211 Å². The van der Waals surface area contributed by atoms with E-state index in [1.165, 1.54) is 86.5 Å². The number of nitrogens with zero attached hydrogens (tertiary/aromatic N) is 1. The number of rotatable bonds is 6. The van der Waals surface area contributed by atoms with Crippen molar-refractivity contribution in [2.24, 2.45) is 0 Å². The molecule has 60 heavy (non-hydrogen) atoms. The van der Waals surface area contributed by atoms with Gasteiger partial charge in [0.05, 0.1) is 11.0 Å². The molecule has 282 valence electrons. The predicted octanol–water partition coefficient (Wildman–Crippen LogP) is 16.1. The zero-order valence-corrected chi connectivity index (χ0v) is 33.5. The number of fused-ring (bicyclic) bond motifs is 12. The third-order valence-corrected chi connectivity index (χ3v) is 14.3. The first-order valence-electron chi connectivity index (χ1n) is 20.9. The average molecular weight is 784 g/mol. The van der Waals surface area contributed by atoms with Crippen LogP contribution in [0.5, 0.6) is 0 Å². The third-order valence-electron chi connectivity index (χ3n) is 13.0. The van der Waals surface area contributed by atoms with Crippen molar-refractivity contribution >= 4 is 75.3 Å². The lowest BCUT2D eigenvalue weighted by molar-refractivity contribution is 0.670. The molecule has 0 amide bonds. The second kappa shape index (κ2) is 13.2. The molecular formula is C57H37NOS. The molecule has 0 fully saturated rings. The van der Waals surface area contributed by atoms with Crippen molar-refractivity contribution in [2.45, 2.75) is 18.8 Å². The Morgan fingerprint density at radius 3 is 2.10 bits per heavy atom. The monoisotopic (exact) mass is 783 g/mol. The molecule has 0 aliphatic heterocycles. The first-order valence-corrected chi connectivity index (χ1v) is 21.7. The number of aryl methyl sites for hydroxylation is 1. The number of benzene rings is 9. The van der Waals surface area contributed by atoms with E-state index >= 15 is 0 Å². The zero-order valence-electron chi connectivity index (χ0n) is 32.7. The quantitative estimate of drug-likeness (QED) is 0.164. The lowest BCUT2D eigenvalue weighted by Crippen LogP contribution is -1.99. The van der Waals surface area contributed by atoms with Crippen molar-refractivity contribution in [3.8, 4) is 39.1 Å². The minimum absolute atomic E-state index is 0.355. The summed E-state index contributed by atoms with van der Waals surface area (Å²) in [4.78, 5) is 0. The Labute approximate surface area is 351 Å². The van der Waals surface area contributed by atoms with Crippen LogP contribution < -0.4 is 0 Å². The summed E-state index contributed by atoms with van der Waals surface area (Å²) < 4.78 is 11.8. The Balaban J connectivity index is 1.04. The van der Waals surface area contributed by atoms with Gasteiger partial charge >= 0.3 is 0 Å². The highest BCUT2D eigenvalue weighted by atomic mass is 32.1. The molecule has 3 aromatic heterocycles. The van der Waals surface area contributed by atoms with Crippen molar-refractivity contribution in [2.75, 3.05) is 0 Å². The number of para-hydroxylation sites is 3. The van der Waals surface area contributed by atoms with Gasteiger partial charge in [0.15, 0.2) is 0 Å². The second-order valence-electron chi connectivity index (χ2n) is 16.3. The first kappa shape index (κ1) is 33.7. The van der Waals surface area contributed by atoms with Crippen LogP contribution in [0.15, 0.2) is 199 Å². The zero-order chi connectivity index (χ0) is 39.3. The lowest BCUT2D eigenvalue weighted by Gasteiger charge is -2.15. The maximum Gasteiger partial charge on any atom is 0.143 e. The number of hydrogen-bond acceptors (Lipinski definition) is 2. The highest BCUT2D eigenvalue weighted by Gasteiger charge is 2.30. The summed E-state index contributed by atoms with van der Waals surface area (Å²) in [5.41, 5.74) is 17.2. The Hall–Kier alpha value is -7.20. The van der Waals surface area contributed by atoms with Crippen molar-refractivity contribution in [1.82, 2.24) is 4.57 Å². The second-order valence-corrected chi connectivity index (χ2v) is 17.3. The molecule has 12 aromatic rings. The summed E-state index contributed by atoms with van der Waals surface area (Å²) in [6.07, 6.45) is 2.13. The molecule has 0 radical (unpaired) electrons. The van der Waals surface area contributed by atoms with Crippen LogP contribution in [0, 0.1) is 0 Å². The maximum absolute atomic E-state index is 6.70. The van der Waals surface area contributed by atoms with Crippen LogP contribution in [-0.2, 0) is 6.42 Å². The molecule has 0 N–H and O–H groups in total. The third kappa shape index (κ3) is 5.00. The number of furan rings is 1. The molecule has 9 aromatic carbocycles. The fourth-order valence-electron chi connectivity index (χ4n) is 10.4. The molecule has 0 bridgehead atoms. The van der Waals surface area contributed by atoms with Crippen molar-refractivity contribution in [1.29, 1.82) is 0 Å². The first-order chi connectivity index (χ1) is 29.8. The van der Waals surface area contributed by atoms with E-state index in [0.717, 1.165) is 46.0 Å². The Morgan fingerprint density at radius 1 is 0.467 bits per heavy atom. The van der Waals surface area contributed by atoms with E-state index in [1.807, 2.05) is 11.3 Å². The highest BCUT2D eigenvalue weighted by Crippen LogP contribution is 2.51. The summed E-state index contributed by atoms with van der Waals surface area (Å²) in [7, 11) is 0. The van der Waals surface area contributed by atoms with Gasteiger partial charge in [0, 0.05) is 64.4 Å². The van der Waals surface area contributed by atoms with Gasteiger partial charge in [0.1, 0.15) is 11.2 Å². The van der Waals surface area contributed by atoms with Gasteiger partial charge in [-0.15, -0.1) is 11.3 Å². The van der Waals surface area contributed by atoms with E-state index in [0.29, 0.717) is 5.92 Å². The molecule has 13 rings (SSSR count). The average Bonchev–Trinajstić information content (AvgIpc) is 4.06. The molecule has 0 spiro atoms. The van der Waals surface area contributed by atoms with Crippen molar-refractivity contribution < 1.29 is 4.42 Å². The molecule has 1 aliphatic carbocycles. The fraction of sp³-hybridized carbons (Fsp3) is 0.0526. The summed E-state index contributed by atoms with van der Waals surface area (Å²) in [5, 5.41) is 7.32. The molecule has 1 unspecified atom stereocenters. The molecule has 3 heterocycles. The van der Waals surface area contributed by atoms with Crippen LogP contribution in [0.4, 0.5) is 0 Å². The lowest BCUT2D eigenvalue weighted by atomic mass is 9.89. The van der Waals surface area contributed by atoms with Gasteiger partial charge in [-0.3, -0.25) is 0 Å². The number of aromatic nitrogens is 1. The van der Waals surface area contributed by atoms with Gasteiger partial charge in [0.25, 0.3) is 0 Å². The normalized spacial score (nSPS) is 13.6. The molecule has 0 saturated heterocycles. The van der Waals surface area contributed by atoms with Crippen LogP contribution in [0.3, 0.4) is 0 Å². The smallest absolute Gasteiger partial charge is 0.143 e. The molecule has 0 saturated carbocycles. The standard InChI is InChI=1S/C57H37NOS/c1-2-14-35(15-3-1)28-30-40-39-16-4-5-20-45(39)55-38(21-12-22-46(40)55)36-29-31-42-41-17-6-9-25-51(41)58(52(42)32-36)37-33-49-44-19-8-11-27-54(44)60-57(49)50(34-37)48-24-13-23-47-43-18-7-10-26-53(43)59-56(47)48/h1-27,29,31-34,40H,28,30H2. The van der Waals surface area contributed by atoms with E-state index in [9.17, 15) is 0 Å². The van der Waals surface area contributed by atoms with Gasteiger partial charge in [-0.2, -0.15) is 0 Å². The molecule has 1 aliphatic rings. The Morgan fingerprint density at radius 2 is 1.17 bits per heavy atom. The summed E-state index contributed by atoms with van der Waals surface area (Å²) in [6, 6.07) is 71.7. The summed E-state index contributed by atoms with van der Waals surface area (Å²) in [5.74, 6) is 0.355. The van der Waals surface area contributed by atoms with Crippen LogP contribution in [0.25, 0.3) is 103 Å². The highest BCUT2D eigenvalue weighted by molar-refractivity contribution is 7.26. The SMILES string of the molecule is c1ccc(CCC2c3ccccc3-c3c(-c4ccc5c6ccccc6n(-c6cc(-c7cccc8c7oc7ccccc78)c7sc8ccccc8c7c6)c5c4)cccc32)cc1. The van der Waals surface area contributed by atoms with E-state index in [-0.39, 0.29) is 0 Å². The van der Waals surface area contributed by atoms with Crippen LogP contribution in [0.2, 0.25) is 0 Å². The van der Waals surface area contributed by atoms with Gasteiger partial charge < -0.3 is 8.98 Å². The van der Waals surface area contributed by atoms with E-state index in [1.54, 1.807) is 0 Å². The predicted molar refractivity (Wildman–Crippen MR) is 254 cm³/mol. The minimum atomic E-state index is 0.355.